The number of hydrogen-bond acceptors (Lipinski definition) is 4. The minimum atomic E-state index is -0.403. The molecule has 0 amide bonds. The van der Waals surface area contributed by atoms with Crippen molar-refractivity contribution in [3.63, 3.8) is 0 Å². The van der Waals surface area contributed by atoms with Gasteiger partial charge in [0.1, 0.15) is 5.78 Å². The average molecular weight is 181 g/mol. The van der Waals surface area contributed by atoms with Crippen LogP contribution in [0.1, 0.15) is 26.2 Å². The minimum Gasteiger partial charge on any atom is -0.300 e. The van der Waals surface area contributed by atoms with Crippen LogP contribution < -0.4 is 0 Å². The molecular formula is C7H11N5O. The molecule has 0 N–H and O–H groups in total. The summed E-state index contributed by atoms with van der Waals surface area (Å²) in [6.07, 6.45) is 1.75. The van der Waals surface area contributed by atoms with E-state index >= 15 is 0 Å². The molecule has 0 aliphatic carbocycles. The number of azide groups is 1. The van der Waals surface area contributed by atoms with Gasteiger partial charge in [-0.05, 0) is 12.5 Å². The van der Waals surface area contributed by atoms with Crippen molar-refractivity contribution < 1.29 is 4.79 Å². The molecule has 1 heterocycles. The Kier molecular flexibility index (Phi) is 2.97. The third-order valence-corrected chi connectivity index (χ3v) is 1.94. The number of carbonyl (C=O) groups is 1. The summed E-state index contributed by atoms with van der Waals surface area (Å²) in [4.78, 5) is 13.3. The van der Waals surface area contributed by atoms with E-state index in [2.05, 4.69) is 20.3 Å². The lowest BCUT2D eigenvalue weighted by Gasteiger charge is -2.05. The van der Waals surface area contributed by atoms with Crippen molar-refractivity contribution in [2.45, 2.75) is 31.8 Å². The Morgan fingerprint density at radius 2 is 2.23 bits per heavy atom. The van der Waals surface area contributed by atoms with Crippen LogP contribution in [-0.4, -0.2) is 18.0 Å². The molecule has 0 atom stereocenters. The Labute approximate surface area is 75.7 Å². The zero-order valence-corrected chi connectivity index (χ0v) is 7.47. The van der Waals surface area contributed by atoms with Crippen LogP contribution in [0, 0.1) is 0 Å². The van der Waals surface area contributed by atoms with Gasteiger partial charge in [0.05, 0.1) is 0 Å². The summed E-state index contributed by atoms with van der Waals surface area (Å²) < 4.78 is 0. The second-order valence-corrected chi connectivity index (χ2v) is 3.09. The lowest BCUT2D eigenvalue weighted by molar-refractivity contribution is -0.117. The molecule has 6 heteroatoms. The normalized spacial score (nSPS) is 16.4. The molecule has 1 aliphatic heterocycles. The molecule has 0 fully saturated rings. The summed E-state index contributed by atoms with van der Waals surface area (Å²) in [7, 11) is 0. The molecule has 0 radical (unpaired) electrons. The van der Waals surface area contributed by atoms with Crippen LogP contribution >= 0.6 is 0 Å². The van der Waals surface area contributed by atoms with E-state index in [1.807, 2.05) is 0 Å². The molecule has 0 aromatic heterocycles. The predicted molar refractivity (Wildman–Crippen MR) is 46.1 cm³/mol. The highest BCUT2D eigenvalue weighted by atomic mass is 16.1. The quantitative estimate of drug-likeness (QED) is 0.351. The molecule has 1 rings (SSSR count). The SMILES string of the molecule is CC(=O)CCC1(CCN=[N+]=[N-])N=N1. The molecule has 0 saturated heterocycles. The molecule has 6 nitrogen and oxygen atoms in total. The molecule has 0 aromatic rings. The van der Waals surface area contributed by atoms with E-state index in [-0.39, 0.29) is 5.78 Å². The molecule has 70 valence electrons. The maximum Gasteiger partial charge on any atom is 0.191 e. The average Bonchev–Trinajstić information content (AvgIpc) is 2.83. The first-order valence-electron chi connectivity index (χ1n) is 4.13. The Morgan fingerprint density at radius 1 is 1.54 bits per heavy atom. The van der Waals surface area contributed by atoms with Gasteiger partial charge in [0, 0.05) is 30.7 Å². The molecule has 0 saturated carbocycles. The van der Waals surface area contributed by atoms with Crippen LogP contribution in [0.15, 0.2) is 15.3 Å². The van der Waals surface area contributed by atoms with Crippen LogP contribution in [-0.2, 0) is 4.79 Å². The summed E-state index contributed by atoms with van der Waals surface area (Å²) in [5.41, 5.74) is 7.64. The van der Waals surface area contributed by atoms with Crippen molar-refractivity contribution in [2.75, 3.05) is 6.54 Å². The maximum atomic E-state index is 10.7. The fraction of sp³-hybridized carbons (Fsp3) is 0.857. The van der Waals surface area contributed by atoms with Crippen molar-refractivity contribution in [1.82, 2.24) is 0 Å². The van der Waals surface area contributed by atoms with Gasteiger partial charge in [-0.15, -0.1) is 0 Å². The Morgan fingerprint density at radius 3 is 2.69 bits per heavy atom. The van der Waals surface area contributed by atoms with Crippen LogP contribution in [0.25, 0.3) is 10.4 Å². The maximum absolute atomic E-state index is 10.7. The molecular weight excluding hydrogens is 170 g/mol. The van der Waals surface area contributed by atoms with Crippen molar-refractivity contribution in [3.8, 4) is 0 Å². The second kappa shape index (κ2) is 4.00. The van der Waals surface area contributed by atoms with Crippen LogP contribution in [0.5, 0.6) is 0 Å². The van der Waals surface area contributed by atoms with Gasteiger partial charge in [0.25, 0.3) is 0 Å². The minimum absolute atomic E-state index is 0.139. The lowest BCUT2D eigenvalue weighted by atomic mass is 10.0. The first kappa shape index (κ1) is 9.67. The number of carbonyl (C=O) groups excluding carboxylic acids is 1. The molecule has 0 aromatic carbocycles. The third kappa shape index (κ3) is 3.21. The zero-order valence-electron chi connectivity index (χ0n) is 7.47. The number of ketones is 1. The smallest absolute Gasteiger partial charge is 0.191 e. The van der Waals surface area contributed by atoms with Crippen molar-refractivity contribution in [2.24, 2.45) is 15.3 Å². The first-order chi connectivity index (χ1) is 6.18. The van der Waals surface area contributed by atoms with Gasteiger partial charge in [-0.1, -0.05) is 5.11 Å². The van der Waals surface area contributed by atoms with Crippen LogP contribution in [0.3, 0.4) is 0 Å². The lowest BCUT2D eigenvalue weighted by Crippen LogP contribution is -2.13. The molecule has 0 spiro atoms. The van der Waals surface area contributed by atoms with Crippen molar-refractivity contribution in [1.29, 1.82) is 0 Å². The van der Waals surface area contributed by atoms with Crippen molar-refractivity contribution in [3.05, 3.63) is 10.4 Å². The summed E-state index contributed by atoms with van der Waals surface area (Å²) in [5.74, 6) is 0.139. The summed E-state index contributed by atoms with van der Waals surface area (Å²) in [6.45, 7) is 1.94. The molecule has 1 aliphatic rings. The highest BCUT2D eigenvalue weighted by Crippen LogP contribution is 2.36. The van der Waals surface area contributed by atoms with Gasteiger partial charge < -0.3 is 4.79 Å². The van der Waals surface area contributed by atoms with E-state index in [0.29, 0.717) is 25.8 Å². The topological polar surface area (TPSA) is 90.5 Å². The first-order valence-corrected chi connectivity index (χ1v) is 4.13. The molecule has 0 unspecified atom stereocenters. The third-order valence-electron chi connectivity index (χ3n) is 1.94. The fourth-order valence-electron chi connectivity index (χ4n) is 1.05. The van der Waals surface area contributed by atoms with Gasteiger partial charge in [-0.2, -0.15) is 10.2 Å². The Hall–Kier alpha value is -1.42. The molecule has 13 heavy (non-hydrogen) atoms. The van der Waals surface area contributed by atoms with Gasteiger partial charge in [-0.3, -0.25) is 0 Å². The monoisotopic (exact) mass is 181 g/mol. The summed E-state index contributed by atoms with van der Waals surface area (Å²) in [5, 5.41) is 11.1. The number of Topliss-reactive ketones (excluding diaryl/α,β-unsaturated/α-hetero) is 1. The van der Waals surface area contributed by atoms with Crippen molar-refractivity contribution >= 4 is 5.78 Å². The van der Waals surface area contributed by atoms with Crippen LogP contribution in [0.4, 0.5) is 0 Å². The fourth-order valence-corrected chi connectivity index (χ4v) is 1.05. The summed E-state index contributed by atoms with van der Waals surface area (Å²) >= 11 is 0. The zero-order chi connectivity index (χ0) is 9.73. The number of rotatable bonds is 6. The standard InChI is InChI=1S/C7H11N5O/c1-6(13)2-3-7(10-11-7)4-5-9-12-8/h2-5H2,1H3. The van der Waals surface area contributed by atoms with E-state index in [1.54, 1.807) is 6.92 Å². The van der Waals surface area contributed by atoms with Gasteiger partial charge in [0.15, 0.2) is 5.66 Å². The Balaban J connectivity index is 2.22. The van der Waals surface area contributed by atoms with E-state index in [9.17, 15) is 4.79 Å². The van der Waals surface area contributed by atoms with Gasteiger partial charge in [-0.25, -0.2) is 0 Å². The van der Waals surface area contributed by atoms with E-state index in [0.717, 1.165) is 0 Å². The van der Waals surface area contributed by atoms with E-state index in [1.165, 1.54) is 0 Å². The number of hydrogen-bond donors (Lipinski definition) is 0. The largest absolute Gasteiger partial charge is 0.300 e. The van der Waals surface area contributed by atoms with Gasteiger partial charge in [0.2, 0.25) is 0 Å². The second-order valence-electron chi connectivity index (χ2n) is 3.09. The molecule has 0 bridgehead atoms. The highest BCUT2D eigenvalue weighted by molar-refractivity contribution is 5.75. The Bertz CT molecular complexity index is 265. The number of nitrogens with zero attached hydrogens (tertiary/aromatic N) is 5. The van der Waals surface area contributed by atoms with Crippen LogP contribution in [0.2, 0.25) is 0 Å². The highest BCUT2D eigenvalue weighted by Gasteiger charge is 2.38. The predicted octanol–water partition coefficient (Wildman–Crippen LogP) is 2.22. The van der Waals surface area contributed by atoms with E-state index < -0.39 is 5.66 Å². The summed E-state index contributed by atoms with van der Waals surface area (Å²) in [6, 6.07) is 0. The van der Waals surface area contributed by atoms with Gasteiger partial charge >= 0.3 is 0 Å². The van der Waals surface area contributed by atoms with E-state index in [4.69, 9.17) is 5.53 Å².